The molecule has 0 aromatic carbocycles. The lowest BCUT2D eigenvalue weighted by Crippen LogP contribution is -2.35. The predicted octanol–water partition coefficient (Wildman–Crippen LogP) is 1.06. The maximum atomic E-state index is 11.9. The molecule has 1 amide bonds. The van der Waals surface area contributed by atoms with Crippen LogP contribution in [0, 0.1) is 5.92 Å². The summed E-state index contributed by atoms with van der Waals surface area (Å²) in [6.07, 6.45) is 5.77. The molecule has 7 nitrogen and oxygen atoms in total. The SMILES string of the molecule is C[C@@H](NC(=O)CSc1nnc(-c2cccnc2)n1N)C1CC1. The summed E-state index contributed by atoms with van der Waals surface area (Å²) in [5.41, 5.74) is 0.788. The Balaban J connectivity index is 1.59. The monoisotopic (exact) mass is 318 g/mol. The Kier molecular flexibility index (Phi) is 4.28. The number of nitrogens with one attached hydrogen (secondary N) is 1. The van der Waals surface area contributed by atoms with Crippen LogP contribution in [0.3, 0.4) is 0 Å². The number of amides is 1. The molecular formula is C14H18N6OS. The fourth-order valence-corrected chi connectivity index (χ4v) is 2.87. The lowest BCUT2D eigenvalue weighted by Gasteiger charge is -2.12. The van der Waals surface area contributed by atoms with E-state index in [0.29, 0.717) is 16.9 Å². The second-order valence-corrected chi connectivity index (χ2v) is 6.34. The Hall–Kier alpha value is -2.09. The molecule has 0 aliphatic heterocycles. The minimum atomic E-state index is -0.00433. The number of nitrogens with zero attached hydrogens (tertiary/aromatic N) is 4. The molecule has 3 rings (SSSR count). The fraction of sp³-hybridized carbons (Fsp3) is 0.429. The number of rotatable bonds is 6. The first-order valence-electron chi connectivity index (χ1n) is 7.18. The van der Waals surface area contributed by atoms with Crippen molar-refractivity contribution in [1.29, 1.82) is 0 Å². The van der Waals surface area contributed by atoms with Gasteiger partial charge in [-0.2, -0.15) is 0 Å². The molecule has 2 aromatic heterocycles. The maximum absolute atomic E-state index is 11.9. The second kappa shape index (κ2) is 6.35. The Morgan fingerprint density at radius 1 is 1.55 bits per heavy atom. The summed E-state index contributed by atoms with van der Waals surface area (Å²) < 4.78 is 1.39. The van der Waals surface area contributed by atoms with Crippen LogP contribution in [-0.2, 0) is 4.79 Å². The second-order valence-electron chi connectivity index (χ2n) is 5.40. The number of nitrogen functional groups attached to an aromatic ring is 1. The van der Waals surface area contributed by atoms with Gasteiger partial charge in [0.1, 0.15) is 0 Å². The topological polar surface area (TPSA) is 98.7 Å². The number of pyridine rings is 1. The van der Waals surface area contributed by atoms with Gasteiger partial charge in [0.15, 0.2) is 5.82 Å². The molecule has 0 spiro atoms. The third-order valence-corrected chi connectivity index (χ3v) is 4.58. The Bertz CT molecular complexity index is 655. The van der Waals surface area contributed by atoms with Gasteiger partial charge in [-0.25, -0.2) is 4.68 Å². The van der Waals surface area contributed by atoms with Crippen LogP contribution >= 0.6 is 11.8 Å². The zero-order valence-corrected chi connectivity index (χ0v) is 13.1. The maximum Gasteiger partial charge on any atom is 0.230 e. The van der Waals surface area contributed by atoms with Crippen molar-refractivity contribution in [2.45, 2.75) is 31.0 Å². The number of aromatic nitrogens is 4. The van der Waals surface area contributed by atoms with Crippen LogP contribution in [-0.4, -0.2) is 37.6 Å². The van der Waals surface area contributed by atoms with Gasteiger partial charge < -0.3 is 11.2 Å². The quantitative estimate of drug-likeness (QED) is 0.610. The van der Waals surface area contributed by atoms with Gasteiger partial charge in [0, 0.05) is 24.0 Å². The van der Waals surface area contributed by atoms with Gasteiger partial charge in [0.05, 0.1) is 5.75 Å². The van der Waals surface area contributed by atoms with Crippen LogP contribution in [0.15, 0.2) is 29.7 Å². The molecule has 0 saturated heterocycles. The van der Waals surface area contributed by atoms with Crippen molar-refractivity contribution in [1.82, 2.24) is 25.2 Å². The summed E-state index contributed by atoms with van der Waals surface area (Å²) in [5, 5.41) is 11.6. The van der Waals surface area contributed by atoms with Crippen molar-refractivity contribution in [3.63, 3.8) is 0 Å². The zero-order valence-electron chi connectivity index (χ0n) is 12.3. The Morgan fingerprint density at radius 2 is 2.36 bits per heavy atom. The van der Waals surface area contributed by atoms with Crippen molar-refractivity contribution in [2.24, 2.45) is 5.92 Å². The molecule has 0 radical (unpaired) electrons. The Morgan fingerprint density at radius 3 is 3.05 bits per heavy atom. The minimum Gasteiger partial charge on any atom is -0.353 e. The van der Waals surface area contributed by atoms with E-state index in [4.69, 9.17) is 5.84 Å². The van der Waals surface area contributed by atoms with Crippen LogP contribution in [0.2, 0.25) is 0 Å². The van der Waals surface area contributed by atoms with Gasteiger partial charge in [-0.1, -0.05) is 11.8 Å². The van der Waals surface area contributed by atoms with E-state index < -0.39 is 0 Å². The summed E-state index contributed by atoms with van der Waals surface area (Å²) in [6.45, 7) is 2.05. The zero-order chi connectivity index (χ0) is 15.5. The molecular weight excluding hydrogens is 300 g/mol. The van der Waals surface area contributed by atoms with Gasteiger partial charge in [-0.15, -0.1) is 10.2 Å². The van der Waals surface area contributed by atoms with E-state index in [1.54, 1.807) is 12.4 Å². The average molecular weight is 318 g/mol. The van der Waals surface area contributed by atoms with E-state index in [2.05, 4.69) is 20.5 Å². The van der Waals surface area contributed by atoms with Crippen molar-refractivity contribution in [3.05, 3.63) is 24.5 Å². The van der Waals surface area contributed by atoms with Crippen LogP contribution in [0.5, 0.6) is 0 Å². The Labute approximate surface area is 132 Å². The molecule has 0 unspecified atom stereocenters. The average Bonchev–Trinajstić information content (AvgIpc) is 3.31. The predicted molar refractivity (Wildman–Crippen MR) is 84.5 cm³/mol. The van der Waals surface area contributed by atoms with E-state index in [1.165, 1.54) is 29.3 Å². The highest BCUT2D eigenvalue weighted by Crippen LogP contribution is 2.32. The smallest absolute Gasteiger partial charge is 0.230 e. The molecule has 2 aromatic rings. The molecule has 8 heteroatoms. The number of carbonyl (C=O) groups excluding carboxylic acids is 1. The minimum absolute atomic E-state index is 0.00433. The van der Waals surface area contributed by atoms with Crippen molar-refractivity contribution < 1.29 is 4.79 Å². The highest BCUT2D eigenvalue weighted by Gasteiger charge is 2.28. The molecule has 2 heterocycles. The summed E-state index contributed by atoms with van der Waals surface area (Å²) >= 11 is 1.28. The van der Waals surface area contributed by atoms with Crippen molar-refractivity contribution in [2.75, 3.05) is 11.6 Å². The molecule has 3 N–H and O–H groups in total. The van der Waals surface area contributed by atoms with Crippen molar-refractivity contribution >= 4 is 17.7 Å². The van der Waals surface area contributed by atoms with E-state index >= 15 is 0 Å². The first-order chi connectivity index (χ1) is 10.6. The summed E-state index contributed by atoms with van der Waals surface area (Å²) in [5.74, 6) is 7.44. The lowest BCUT2D eigenvalue weighted by molar-refractivity contribution is -0.119. The highest BCUT2D eigenvalue weighted by molar-refractivity contribution is 7.99. The molecule has 116 valence electrons. The van der Waals surface area contributed by atoms with Gasteiger partial charge in [0.25, 0.3) is 0 Å². The highest BCUT2D eigenvalue weighted by atomic mass is 32.2. The molecule has 1 atom stereocenters. The van der Waals surface area contributed by atoms with Crippen LogP contribution in [0.25, 0.3) is 11.4 Å². The first kappa shape index (κ1) is 14.8. The number of carbonyl (C=O) groups is 1. The molecule has 1 fully saturated rings. The van der Waals surface area contributed by atoms with E-state index in [9.17, 15) is 4.79 Å². The largest absolute Gasteiger partial charge is 0.353 e. The summed E-state index contributed by atoms with van der Waals surface area (Å²) in [7, 11) is 0. The van der Waals surface area contributed by atoms with E-state index in [-0.39, 0.29) is 17.7 Å². The molecule has 1 aliphatic carbocycles. The van der Waals surface area contributed by atoms with Gasteiger partial charge in [0.2, 0.25) is 11.1 Å². The molecule has 0 bridgehead atoms. The third kappa shape index (κ3) is 3.38. The first-order valence-corrected chi connectivity index (χ1v) is 8.16. The summed E-state index contributed by atoms with van der Waals surface area (Å²) in [4.78, 5) is 15.9. The van der Waals surface area contributed by atoms with Crippen LogP contribution in [0.1, 0.15) is 19.8 Å². The summed E-state index contributed by atoms with van der Waals surface area (Å²) in [6, 6.07) is 3.91. The number of hydrogen-bond acceptors (Lipinski definition) is 6. The number of nitrogens with two attached hydrogens (primary N) is 1. The normalized spacial score (nSPS) is 15.5. The van der Waals surface area contributed by atoms with Gasteiger partial charge in [-0.3, -0.25) is 9.78 Å². The molecule has 1 saturated carbocycles. The molecule has 22 heavy (non-hydrogen) atoms. The van der Waals surface area contributed by atoms with Crippen LogP contribution in [0.4, 0.5) is 0 Å². The third-order valence-electron chi connectivity index (χ3n) is 3.63. The fourth-order valence-electron chi connectivity index (χ4n) is 2.21. The standard InChI is InChI=1S/C14H18N6OS/c1-9(10-4-5-10)17-12(21)8-22-14-19-18-13(20(14)15)11-3-2-6-16-7-11/h2-3,6-7,9-10H,4-5,8,15H2,1H3,(H,17,21)/t9-/m1/s1. The van der Waals surface area contributed by atoms with Gasteiger partial charge in [-0.05, 0) is 37.8 Å². The van der Waals surface area contributed by atoms with E-state index in [0.717, 1.165) is 5.56 Å². The van der Waals surface area contributed by atoms with E-state index in [1.807, 2.05) is 19.1 Å². The molecule has 1 aliphatic rings. The number of thioether (sulfide) groups is 1. The lowest BCUT2D eigenvalue weighted by atomic mass is 10.2. The van der Waals surface area contributed by atoms with Crippen LogP contribution < -0.4 is 11.2 Å². The van der Waals surface area contributed by atoms with Crippen molar-refractivity contribution in [3.8, 4) is 11.4 Å². The van der Waals surface area contributed by atoms with Gasteiger partial charge >= 0.3 is 0 Å². The number of hydrogen-bond donors (Lipinski definition) is 2.